The molecule has 1 aliphatic rings. The van der Waals surface area contributed by atoms with Crippen LogP contribution in [0.4, 0.5) is 0 Å². The minimum Gasteiger partial charge on any atom is -0.469 e. The topological polar surface area (TPSA) is 52.6 Å². The van der Waals surface area contributed by atoms with Gasteiger partial charge in [-0.3, -0.25) is 9.59 Å². The van der Waals surface area contributed by atoms with E-state index in [1.807, 2.05) is 0 Å². The molecule has 0 bridgehead atoms. The van der Waals surface area contributed by atoms with Gasteiger partial charge in [0.1, 0.15) is 0 Å². The second-order valence-corrected chi connectivity index (χ2v) is 3.31. The van der Waals surface area contributed by atoms with Gasteiger partial charge in [-0.25, -0.2) is 0 Å². The minimum absolute atomic E-state index is 0.300. The molecule has 0 N–H and O–H groups in total. The fraction of sp³-hybridized carbons (Fsp3) is 0.714. The molecular formula is C7H9ClO4. The highest BCUT2D eigenvalue weighted by atomic mass is 35.5. The molecule has 5 heteroatoms. The third-order valence-corrected chi connectivity index (χ3v) is 2.48. The molecule has 0 heterocycles. The monoisotopic (exact) mass is 192 g/mol. The van der Waals surface area contributed by atoms with Gasteiger partial charge < -0.3 is 9.47 Å². The zero-order valence-electron chi connectivity index (χ0n) is 6.80. The standard InChI is InChI=1S/C7H9ClO4/c1-11-5(9)4-3-7(4,8)6(10)12-2/h4H,3H2,1-2H3/t4-,7-/m0/s1. The number of carbonyl (C=O) groups excluding carboxylic acids is 2. The lowest BCUT2D eigenvalue weighted by Gasteiger charge is -2.04. The van der Waals surface area contributed by atoms with E-state index >= 15 is 0 Å². The van der Waals surface area contributed by atoms with Crippen molar-refractivity contribution in [3.63, 3.8) is 0 Å². The van der Waals surface area contributed by atoms with Gasteiger partial charge in [-0.1, -0.05) is 0 Å². The van der Waals surface area contributed by atoms with Gasteiger partial charge in [-0.2, -0.15) is 0 Å². The average Bonchev–Trinajstić information content (AvgIpc) is 2.76. The van der Waals surface area contributed by atoms with Gasteiger partial charge in [-0.05, 0) is 6.42 Å². The molecule has 0 aromatic heterocycles. The molecule has 0 saturated heterocycles. The molecule has 4 nitrogen and oxygen atoms in total. The van der Waals surface area contributed by atoms with E-state index in [1.54, 1.807) is 0 Å². The summed E-state index contributed by atoms with van der Waals surface area (Å²) in [5.74, 6) is -1.58. The van der Waals surface area contributed by atoms with Crippen molar-refractivity contribution in [2.24, 2.45) is 5.92 Å². The molecule has 0 aromatic carbocycles. The number of rotatable bonds is 2. The maximum Gasteiger partial charge on any atom is 0.327 e. The van der Waals surface area contributed by atoms with Crippen molar-refractivity contribution in [1.29, 1.82) is 0 Å². The highest BCUT2D eigenvalue weighted by Gasteiger charge is 2.64. The lowest BCUT2D eigenvalue weighted by Crippen LogP contribution is -2.23. The van der Waals surface area contributed by atoms with E-state index in [4.69, 9.17) is 11.6 Å². The molecule has 0 spiro atoms. The Morgan fingerprint density at radius 2 is 2.00 bits per heavy atom. The lowest BCUT2D eigenvalue weighted by molar-refractivity contribution is -0.147. The molecular weight excluding hydrogens is 184 g/mol. The van der Waals surface area contributed by atoms with Gasteiger partial charge in [-0.15, -0.1) is 11.6 Å². The van der Waals surface area contributed by atoms with Gasteiger partial charge >= 0.3 is 11.9 Å². The summed E-state index contributed by atoms with van der Waals surface area (Å²) in [6, 6.07) is 0. The fourth-order valence-corrected chi connectivity index (χ4v) is 1.37. The van der Waals surface area contributed by atoms with Crippen molar-refractivity contribution in [2.75, 3.05) is 14.2 Å². The molecule has 2 atom stereocenters. The number of hydrogen-bond donors (Lipinski definition) is 0. The van der Waals surface area contributed by atoms with E-state index in [-0.39, 0.29) is 0 Å². The van der Waals surface area contributed by atoms with Crippen LogP contribution in [0.25, 0.3) is 0 Å². The Morgan fingerprint density at radius 1 is 1.42 bits per heavy atom. The second-order valence-electron chi connectivity index (χ2n) is 2.63. The summed E-state index contributed by atoms with van der Waals surface area (Å²) in [5, 5.41) is 0. The van der Waals surface area contributed by atoms with Gasteiger partial charge in [0.25, 0.3) is 0 Å². The van der Waals surface area contributed by atoms with Crippen LogP contribution in [-0.4, -0.2) is 31.0 Å². The molecule has 12 heavy (non-hydrogen) atoms. The van der Waals surface area contributed by atoms with Crippen molar-refractivity contribution in [1.82, 2.24) is 0 Å². The SMILES string of the molecule is COC(=O)[C@@H]1C[C@@]1(Cl)C(=O)OC. The molecule has 1 aliphatic carbocycles. The van der Waals surface area contributed by atoms with Crippen LogP contribution in [0, 0.1) is 5.92 Å². The Morgan fingerprint density at radius 3 is 2.42 bits per heavy atom. The number of halogens is 1. The van der Waals surface area contributed by atoms with Crippen LogP contribution >= 0.6 is 11.6 Å². The summed E-state index contributed by atoms with van der Waals surface area (Å²) >= 11 is 5.76. The van der Waals surface area contributed by atoms with Crippen molar-refractivity contribution < 1.29 is 19.1 Å². The quantitative estimate of drug-likeness (QED) is 0.467. The summed E-state index contributed by atoms with van der Waals surface area (Å²) in [7, 11) is 2.49. The number of carbonyl (C=O) groups is 2. The zero-order valence-corrected chi connectivity index (χ0v) is 7.55. The van der Waals surface area contributed by atoms with Crippen LogP contribution < -0.4 is 0 Å². The van der Waals surface area contributed by atoms with Crippen molar-refractivity contribution in [3.8, 4) is 0 Å². The molecule has 0 unspecified atom stereocenters. The Hall–Kier alpha value is -0.770. The summed E-state index contributed by atoms with van der Waals surface area (Å²) in [6.45, 7) is 0. The number of methoxy groups -OCH3 is 2. The van der Waals surface area contributed by atoms with E-state index in [0.717, 1.165) is 0 Å². The first-order chi connectivity index (χ1) is 5.56. The molecule has 0 aliphatic heterocycles. The van der Waals surface area contributed by atoms with E-state index in [2.05, 4.69) is 9.47 Å². The Balaban J connectivity index is 2.59. The molecule has 0 aromatic rings. The lowest BCUT2D eigenvalue weighted by atomic mass is 10.3. The van der Waals surface area contributed by atoms with Crippen LogP contribution in [-0.2, 0) is 19.1 Å². The van der Waals surface area contributed by atoms with Crippen molar-refractivity contribution in [3.05, 3.63) is 0 Å². The molecule has 0 radical (unpaired) electrons. The van der Waals surface area contributed by atoms with E-state index in [9.17, 15) is 9.59 Å². The highest BCUT2D eigenvalue weighted by molar-refractivity contribution is 6.38. The summed E-state index contributed by atoms with van der Waals surface area (Å²) < 4.78 is 8.86. The second kappa shape index (κ2) is 2.94. The van der Waals surface area contributed by atoms with Crippen molar-refractivity contribution in [2.45, 2.75) is 11.3 Å². The number of alkyl halides is 1. The first kappa shape index (κ1) is 9.32. The third kappa shape index (κ3) is 1.27. The van der Waals surface area contributed by atoms with Gasteiger partial charge in [0.2, 0.25) is 0 Å². The third-order valence-electron chi connectivity index (χ3n) is 1.90. The molecule has 1 fully saturated rings. The fourth-order valence-electron chi connectivity index (χ4n) is 1.05. The zero-order chi connectivity index (χ0) is 9.35. The Bertz CT molecular complexity index is 227. The first-order valence-corrected chi connectivity index (χ1v) is 3.79. The van der Waals surface area contributed by atoms with E-state index in [1.165, 1.54) is 14.2 Å². The molecule has 1 rings (SSSR count). The van der Waals surface area contributed by atoms with Crippen molar-refractivity contribution >= 4 is 23.5 Å². The molecule has 1 saturated carbocycles. The first-order valence-electron chi connectivity index (χ1n) is 3.41. The summed E-state index contributed by atoms with van der Waals surface area (Å²) in [6.07, 6.45) is 0.300. The number of hydrogen-bond acceptors (Lipinski definition) is 4. The number of esters is 2. The van der Waals surface area contributed by atoms with Crippen LogP contribution in [0.5, 0.6) is 0 Å². The van der Waals surface area contributed by atoms with Crippen LogP contribution in [0.15, 0.2) is 0 Å². The summed E-state index contributed by atoms with van der Waals surface area (Å²) in [4.78, 5) is 20.7. The molecule has 0 amide bonds. The smallest absolute Gasteiger partial charge is 0.327 e. The predicted molar refractivity (Wildman–Crippen MR) is 40.7 cm³/mol. The van der Waals surface area contributed by atoms with Crippen LogP contribution in [0.1, 0.15) is 6.42 Å². The maximum absolute atomic E-state index is 11.0. The maximum atomic E-state index is 11.0. The van der Waals surface area contributed by atoms with Gasteiger partial charge in [0.05, 0.1) is 20.1 Å². The van der Waals surface area contributed by atoms with Gasteiger partial charge in [0, 0.05) is 0 Å². The van der Waals surface area contributed by atoms with Crippen LogP contribution in [0.2, 0.25) is 0 Å². The predicted octanol–water partition coefficient (Wildman–Crippen LogP) is 0.330. The highest BCUT2D eigenvalue weighted by Crippen LogP contribution is 2.50. The average molecular weight is 193 g/mol. The number of ether oxygens (including phenoxy) is 2. The molecule has 68 valence electrons. The van der Waals surface area contributed by atoms with E-state index < -0.39 is 22.7 Å². The van der Waals surface area contributed by atoms with E-state index in [0.29, 0.717) is 6.42 Å². The largest absolute Gasteiger partial charge is 0.469 e. The normalized spacial score (nSPS) is 32.4. The van der Waals surface area contributed by atoms with Gasteiger partial charge in [0.15, 0.2) is 4.87 Å². The minimum atomic E-state index is -1.16. The summed E-state index contributed by atoms with van der Waals surface area (Å²) in [5.41, 5.74) is 0. The Kier molecular flexibility index (Phi) is 2.28. The van der Waals surface area contributed by atoms with Crippen LogP contribution in [0.3, 0.4) is 0 Å². The Labute approximate surface area is 74.8 Å².